The number of methoxy groups -OCH3 is 2. The molecule has 1 aromatic rings. The van der Waals surface area contributed by atoms with Crippen molar-refractivity contribution in [2.24, 2.45) is 5.73 Å². The molecule has 0 aliphatic rings. The summed E-state index contributed by atoms with van der Waals surface area (Å²) < 4.78 is 15.1. The van der Waals surface area contributed by atoms with Crippen LogP contribution >= 0.6 is 0 Å². The van der Waals surface area contributed by atoms with E-state index >= 15 is 0 Å². The van der Waals surface area contributed by atoms with E-state index in [0.29, 0.717) is 0 Å². The molecule has 22 heavy (non-hydrogen) atoms. The monoisotopic (exact) mass is 304 g/mol. The number of carbonyl (C=O) groups is 2. The van der Waals surface area contributed by atoms with Crippen LogP contribution in [0.1, 0.15) is 17.3 Å². The normalized spacial score (nSPS) is 11.0. The molecule has 0 saturated heterocycles. The van der Waals surface area contributed by atoms with E-state index in [0.717, 1.165) is 0 Å². The number of Topliss-reactive ketones (excluding diaryl/α,β-unsaturated/α-hetero) is 1. The lowest BCUT2D eigenvalue weighted by molar-refractivity contribution is -0.118. The number of nitrogens with zero attached hydrogens (tertiary/aromatic N) is 1. The number of carbonyl (C=O) groups excluding carboxylic acids is 2. The fraction of sp³-hybridized carbons (Fsp3) is 0.267. The molecule has 0 spiro atoms. The maximum absolute atomic E-state index is 12.1. The first kappa shape index (κ1) is 17.0. The second-order valence-corrected chi connectivity index (χ2v) is 4.21. The number of esters is 1. The number of nitriles is 1. The van der Waals surface area contributed by atoms with Crippen molar-refractivity contribution in [1.82, 2.24) is 0 Å². The molecule has 0 fully saturated rings. The van der Waals surface area contributed by atoms with Crippen molar-refractivity contribution in [3.05, 3.63) is 35.0 Å². The predicted molar refractivity (Wildman–Crippen MR) is 77.3 cm³/mol. The lowest BCUT2D eigenvalue weighted by atomic mass is 10.1. The topological polar surface area (TPSA) is 112 Å². The first-order chi connectivity index (χ1) is 10.5. The SMILES string of the molecule is COc1cccc(OC)c1C(=O)OCC(=O)C(C#N)=C(C)N. The van der Waals surface area contributed by atoms with Crippen molar-refractivity contribution in [1.29, 1.82) is 5.26 Å². The summed E-state index contributed by atoms with van der Waals surface area (Å²) in [6.07, 6.45) is 0. The van der Waals surface area contributed by atoms with E-state index in [1.54, 1.807) is 24.3 Å². The van der Waals surface area contributed by atoms with Crippen LogP contribution in [0.4, 0.5) is 0 Å². The Hall–Kier alpha value is -3.01. The Labute approximate surface area is 127 Å². The minimum atomic E-state index is -0.797. The Balaban J connectivity index is 2.94. The van der Waals surface area contributed by atoms with Gasteiger partial charge in [0.1, 0.15) is 28.7 Å². The Morgan fingerprint density at radius 1 is 1.23 bits per heavy atom. The van der Waals surface area contributed by atoms with Crippen LogP contribution in [0.15, 0.2) is 29.5 Å². The smallest absolute Gasteiger partial charge is 0.346 e. The first-order valence-corrected chi connectivity index (χ1v) is 6.24. The number of hydrogen-bond acceptors (Lipinski definition) is 7. The summed E-state index contributed by atoms with van der Waals surface area (Å²) in [7, 11) is 2.79. The summed E-state index contributed by atoms with van der Waals surface area (Å²) in [5.41, 5.74) is 5.31. The molecular weight excluding hydrogens is 288 g/mol. The molecule has 0 unspecified atom stereocenters. The molecule has 116 valence electrons. The van der Waals surface area contributed by atoms with Crippen molar-refractivity contribution in [2.45, 2.75) is 6.92 Å². The van der Waals surface area contributed by atoms with Gasteiger partial charge in [-0.3, -0.25) is 4.79 Å². The van der Waals surface area contributed by atoms with Crippen LogP contribution in [0.5, 0.6) is 11.5 Å². The van der Waals surface area contributed by atoms with E-state index in [-0.39, 0.29) is 28.3 Å². The average Bonchev–Trinajstić information content (AvgIpc) is 2.51. The van der Waals surface area contributed by atoms with E-state index in [9.17, 15) is 9.59 Å². The van der Waals surface area contributed by atoms with Crippen molar-refractivity contribution in [2.75, 3.05) is 20.8 Å². The quantitative estimate of drug-likeness (QED) is 0.477. The molecule has 0 atom stereocenters. The molecule has 7 nitrogen and oxygen atoms in total. The highest BCUT2D eigenvalue weighted by atomic mass is 16.5. The summed E-state index contributed by atoms with van der Waals surface area (Å²) in [6.45, 7) is 0.818. The molecule has 1 rings (SSSR count). The zero-order valence-electron chi connectivity index (χ0n) is 12.5. The zero-order valence-corrected chi connectivity index (χ0v) is 12.5. The molecule has 1 aromatic carbocycles. The van der Waals surface area contributed by atoms with Gasteiger partial charge in [0.05, 0.1) is 14.2 Å². The number of hydrogen-bond donors (Lipinski definition) is 1. The number of ketones is 1. The van der Waals surface area contributed by atoms with Crippen LogP contribution in [0.2, 0.25) is 0 Å². The maximum atomic E-state index is 12.1. The van der Waals surface area contributed by atoms with Gasteiger partial charge < -0.3 is 19.9 Å². The molecule has 0 saturated carbocycles. The summed E-state index contributed by atoms with van der Waals surface area (Å²) in [4.78, 5) is 23.9. The van der Waals surface area contributed by atoms with Crippen molar-refractivity contribution < 1.29 is 23.8 Å². The van der Waals surface area contributed by atoms with Gasteiger partial charge in [0.2, 0.25) is 5.78 Å². The molecule has 0 aliphatic carbocycles. The predicted octanol–water partition coefficient (Wildman–Crippen LogP) is 1.19. The molecule has 7 heteroatoms. The molecule has 0 aliphatic heterocycles. The Kier molecular flexibility index (Phi) is 5.96. The van der Waals surface area contributed by atoms with Gasteiger partial charge in [0, 0.05) is 5.70 Å². The highest BCUT2D eigenvalue weighted by Crippen LogP contribution is 2.28. The van der Waals surface area contributed by atoms with Gasteiger partial charge in [-0.2, -0.15) is 5.26 Å². The van der Waals surface area contributed by atoms with Gasteiger partial charge in [-0.1, -0.05) is 6.07 Å². The zero-order chi connectivity index (χ0) is 16.7. The second-order valence-electron chi connectivity index (χ2n) is 4.21. The fourth-order valence-corrected chi connectivity index (χ4v) is 1.70. The number of nitrogens with two attached hydrogens (primary N) is 1. The van der Waals surface area contributed by atoms with E-state index in [1.165, 1.54) is 21.1 Å². The number of ether oxygens (including phenoxy) is 3. The lowest BCUT2D eigenvalue weighted by Gasteiger charge is -2.12. The Morgan fingerprint density at radius 2 is 1.77 bits per heavy atom. The minimum Gasteiger partial charge on any atom is -0.496 e. The minimum absolute atomic E-state index is 0.0623. The molecule has 2 N–H and O–H groups in total. The molecule has 0 heterocycles. The van der Waals surface area contributed by atoms with Crippen molar-refractivity contribution in [3.8, 4) is 17.6 Å². The number of rotatable bonds is 6. The van der Waals surface area contributed by atoms with Gasteiger partial charge >= 0.3 is 5.97 Å². The van der Waals surface area contributed by atoms with E-state index in [1.807, 2.05) is 0 Å². The standard InChI is InChI=1S/C15H16N2O5/c1-9(17)10(7-16)11(18)8-22-15(19)14-12(20-2)5-4-6-13(14)21-3/h4-6H,8,17H2,1-3H3. The maximum Gasteiger partial charge on any atom is 0.346 e. The van der Waals surface area contributed by atoms with E-state index in [4.69, 9.17) is 25.2 Å². The van der Waals surface area contributed by atoms with Crippen LogP contribution in [0, 0.1) is 11.3 Å². The first-order valence-electron chi connectivity index (χ1n) is 6.24. The lowest BCUT2D eigenvalue weighted by Crippen LogP contribution is -2.18. The Morgan fingerprint density at radius 3 is 2.18 bits per heavy atom. The third-order valence-corrected chi connectivity index (χ3v) is 2.75. The molecule has 0 amide bonds. The van der Waals surface area contributed by atoms with Crippen LogP contribution in [0.25, 0.3) is 0 Å². The van der Waals surface area contributed by atoms with E-state index < -0.39 is 18.4 Å². The highest BCUT2D eigenvalue weighted by Gasteiger charge is 2.21. The van der Waals surface area contributed by atoms with E-state index in [2.05, 4.69) is 0 Å². The fourth-order valence-electron chi connectivity index (χ4n) is 1.70. The van der Waals surface area contributed by atoms with Crippen molar-refractivity contribution in [3.63, 3.8) is 0 Å². The summed E-state index contributed by atoms with van der Waals surface area (Å²) >= 11 is 0. The molecule has 0 bridgehead atoms. The molecular formula is C15H16N2O5. The summed E-state index contributed by atoms with van der Waals surface area (Å²) in [5, 5.41) is 8.82. The molecule has 0 aromatic heterocycles. The highest BCUT2D eigenvalue weighted by molar-refractivity contribution is 6.03. The van der Waals surface area contributed by atoms with Crippen LogP contribution in [-0.2, 0) is 9.53 Å². The molecule has 0 radical (unpaired) electrons. The summed E-state index contributed by atoms with van der Waals surface area (Å²) in [6, 6.07) is 6.44. The average molecular weight is 304 g/mol. The van der Waals surface area contributed by atoms with Crippen LogP contribution < -0.4 is 15.2 Å². The van der Waals surface area contributed by atoms with Crippen LogP contribution in [-0.4, -0.2) is 32.6 Å². The second kappa shape index (κ2) is 7.69. The van der Waals surface area contributed by atoms with Gasteiger partial charge in [0.25, 0.3) is 0 Å². The van der Waals surface area contributed by atoms with Gasteiger partial charge in [-0.15, -0.1) is 0 Å². The third-order valence-electron chi connectivity index (χ3n) is 2.75. The third kappa shape index (κ3) is 3.76. The summed E-state index contributed by atoms with van der Waals surface area (Å²) in [5.74, 6) is -0.968. The number of allylic oxidation sites excluding steroid dienone is 1. The number of benzene rings is 1. The van der Waals surface area contributed by atoms with Crippen LogP contribution in [0.3, 0.4) is 0 Å². The van der Waals surface area contributed by atoms with Gasteiger partial charge in [-0.25, -0.2) is 4.79 Å². The largest absolute Gasteiger partial charge is 0.496 e. The van der Waals surface area contributed by atoms with Crippen molar-refractivity contribution >= 4 is 11.8 Å². The van der Waals surface area contributed by atoms with Gasteiger partial charge in [0.15, 0.2) is 6.61 Å². The Bertz CT molecular complexity index is 632. The van der Waals surface area contributed by atoms with Gasteiger partial charge in [-0.05, 0) is 19.1 Å².